The molecule has 180 valence electrons. The summed E-state index contributed by atoms with van der Waals surface area (Å²) in [4.78, 5) is 43.6. The highest BCUT2D eigenvalue weighted by Crippen LogP contribution is 2.28. The van der Waals surface area contributed by atoms with Crippen molar-refractivity contribution in [1.29, 1.82) is 0 Å². The summed E-state index contributed by atoms with van der Waals surface area (Å²) in [7, 11) is 1.65. The summed E-state index contributed by atoms with van der Waals surface area (Å²) in [5.41, 5.74) is 1.98. The normalized spacial score (nSPS) is 18.9. The van der Waals surface area contributed by atoms with E-state index in [1.54, 1.807) is 31.4 Å². The second kappa shape index (κ2) is 10.7. The summed E-state index contributed by atoms with van der Waals surface area (Å²) in [6.45, 7) is 5.32. The first-order valence-corrected chi connectivity index (χ1v) is 11.8. The summed E-state index contributed by atoms with van der Waals surface area (Å²) in [6, 6.07) is 13.9. The lowest BCUT2D eigenvalue weighted by atomic mass is 10.1. The van der Waals surface area contributed by atoms with Gasteiger partial charge in [0.2, 0.25) is 5.91 Å². The van der Waals surface area contributed by atoms with Crippen LogP contribution in [0, 0.1) is 0 Å². The number of hydrogen-bond acceptors (Lipinski definition) is 7. The fourth-order valence-electron chi connectivity index (χ4n) is 4.41. The number of imide groups is 1. The first kappa shape index (κ1) is 23.8. The summed E-state index contributed by atoms with van der Waals surface area (Å²) in [5, 5.41) is 0. The second-order valence-corrected chi connectivity index (χ2v) is 8.55. The number of amides is 2. The van der Waals surface area contributed by atoms with Gasteiger partial charge in [-0.2, -0.15) is 0 Å². The quantitative estimate of drug-likeness (QED) is 0.337. The molecule has 2 aliphatic heterocycles. The zero-order valence-corrected chi connectivity index (χ0v) is 19.7. The fraction of sp³-hybridized carbons (Fsp3) is 0.423. The van der Waals surface area contributed by atoms with Gasteiger partial charge in [0, 0.05) is 37.9 Å². The lowest BCUT2D eigenvalue weighted by Crippen LogP contribution is -2.52. The predicted octanol–water partition coefficient (Wildman–Crippen LogP) is 3.11. The molecule has 0 N–H and O–H groups in total. The van der Waals surface area contributed by atoms with Crippen LogP contribution in [-0.4, -0.2) is 68.6 Å². The molecule has 0 aliphatic carbocycles. The van der Waals surface area contributed by atoms with Gasteiger partial charge in [-0.1, -0.05) is 19.4 Å². The van der Waals surface area contributed by atoms with E-state index >= 15 is 0 Å². The molecule has 2 fully saturated rings. The third-order valence-electron chi connectivity index (χ3n) is 6.39. The van der Waals surface area contributed by atoms with Crippen molar-refractivity contribution in [2.75, 3.05) is 49.7 Å². The Morgan fingerprint density at radius 3 is 2.41 bits per heavy atom. The average molecular weight is 466 g/mol. The van der Waals surface area contributed by atoms with E-state index in [-0.39, 0.29) is 18.2 Å². The standard InChI is InChI=1S/C26H31N3O5/c1-3-4-16-34-26(32)19-8-10-20(11-9-19)29-24(30)18-23(25(29)31)28-14-12-27(13-15-28)21-6-5-7-22(17-21)33-2/h5-11,17,23H,3-4,12-16,18H2,1-2H3. The monoisotopic (exact) mass is 465 g/mol. The van der Waals surface area contributed by atoms with Crippen LogP contribution >= 0.6 is 0 Å². The molecule has 0 aromatic heterocycles. The lowest BCUT2D eigenvalue weighted by molar-refractivity contribution is -0.123. The molecule has 1 unspecified atom stereocenters. The number of methoxy groups -OCH3 is 1. The highest BCUT2D eigenvalue weighted by molar-refractivity contribution is 6.22. The molecular formula is C26H31N3O5. The molecule has 0 bridgehead atoms. The van der Waals surface area contributed by atoms with E-state index in [0.717, 1.165) is 37.4 Å². The maximum absolute atomic E-state index is 13.2. The minimum atomic E-state index is -0.460. The Bertz CT molecular complexity index is 1030. The Balaban J connectivity index is 1.37. The summed E-state index contributed by atoms with van der Waals surface area (Å²) >= 11 is 0. The Labute approximate surface area is 200 Å². The van der Waals surface area contributed by atoms with Crippen molar-refractivity contribution in [2.24, 2.45) is 0 Å². The van der Waals surface area contributed by atoms with Crippen LogP contribution < -0.4 is 14.5 Å². The molecule has 8 heteroatoms. The molecule has 2 saturated heterocycles. The molecule has 0 spiro atoms. The van der Waals surface area contributed by atoms with Gasteiger partial charge in [0.1, 0.15) is 5.75 Å². The summed E-state index contributed by atoms with van der Waals surface area (Å²) < 4.78 is 10.5. The van der Waals surface area contributed by atoms with Crippen LogP contribution in [0.4, 0.5) is 11.4 Å². The van der Waals surface area contributed by atoms with Crippen LogP contribution in [-0.2, 0) is 14.3 Å². The van der Waals surface area contributed by atoms with Crippen LogP contribution in [0.2, 0.25) is 0 Å². The molecular weight excluding hydrogens is 434 g/mol. The molecule has 2 amide bonds. The Hall–Kier alpha value is -3.39. The van der Waals surface area contributed by atoms with Gasteiger partial charge in [0.15, 0.2) is 0 Å². The molecule has 0 radical (unpaired) electrons. The van der Waals surface area contributed by atoms with Gasteiger partial charge in [-0.3, -0.25) is 14.5 Å². The van der Waals surface area contributed by atoms with Gasteiger partial charge < -0.3 is 14.4 Å². The molecule has 0 saturated carbocycles. The molecule has 2 aliphatic rings. The van der Waals surface area contributed by atoms with Gasteiger partial charge in [0.25, 0.3) is 5.91 Å². The van der Waals surface area contributed by atoms with Crippen molar-refractivity contribution in [3.8, 4) is 5.75 Å². The van der Waals surface area contributed by atoms with Gasteiger partial charge in [0.05, 0.1) is 37.4 Å². The third-order valence-corrected chi connectivity index (χ3v) is 6.39. The van der Waals surface area contributed by atoms with Crippen LogP contribution in [0.25, 0.3) is 0 Å². The van der Waals surface area contributed by atoms with Crippen molar-refractivity contribution in [3.63, 3.8) is 0 Å². The number of hydrogen-bond donors (Lipinski definition) is 0. The molecule has 34 heavy (non-hydrogen) atoms. The van der Waals surface area contributed by atoms with E-state index in [9.17, 15) is 14.4 Å². The third kappa shape index (κ3) is 5.07. The minimum absolute atomic E-state index is 0.165. The Morgan fingerprint density at radius 2 is 1.74 bits per heavy atom. The van der Waals surface area contributed by atoms with Crippen LogP contribution in [0.3, 0.4) is 0 Å². The number of esters is 1. The van der Waals surface area contributed by atoms with Crippen molar-refractivity contribution in [3.05, 3.63) is 54.1 Å². The van der Waals surface area contributed by atoms with Gasteiger partial charge >= 0.3 is 5.97 Å². The topological polar surface area (TPSA) is 79.4 Å². The number of piperazine rings is 1. The van der Waals surface area contributed by atoms with Crippen molar-refractivity contribution >= 4 is 29.2 Å². The largest absolute Gasteiger partial charge is 0.497 e. The van der Waals surface area contributed by atoms with E-state index in [4.69, 9.17) is 9.47 Å². The van der Waals surface area contributed by atoms with Gasteiger partial charge in [-0.25, -0.2) is 9.69 Å². The number of benzene rings is 2. The van der Waals surface area contributed by atoms with E-state index in [2.05, 4.69) is 9.80 Å². The maximum atomic E-state index is 13.2. The van der Waals surface area contributed by atoms with Crippen molar-refractivity contribution < 1.29 is 23.9 Å². The van der Waals surface area contributed by atoms with E-state index < -0.39 is 12.0 Å². The molecule has 8 nitrogen and oxygen atoms in total. The molecule has 2 aromatic carbocycles. The van der Waals surface area contributed by atoms with Gasteiger partial charge in [-0.05, 0) is 42.8 Å². The first-order valence-electron chi connectivity index (χ1n) is 11.8. The van der Waals surface area contributed by atoms with E-state index in [1.165, 1.54) is 4.90 Å². The number of carbonyl (C=O) groups excluding carboxylic acids is 3. The van der Waals surface area contributed by atoms with Crippen molar-refractivity contribution in [1.82, 2.24) is 4.90 Å². The second-order valence-electron chi connectivity index (χ2n) is 8.55. The highest BCUT2D eigenvalue weighted by Gasteiger charge is 2.43. The minimum Gasteiger partial charge on any atom is -0.497 e. The number of carbonyl (C=O) groups is 3. The number of ether oxygens (including phenoxy) is 2. The van der Waals surface area contributed by atoms with Crippen LogP contribution in [0.5, 0.6) is 5.75 Å². The smallest absolute Gasteiger partial charge is 0.338 e. The van der Waals surface area contributed by atoms with Crippen LogP contribution in [0.15, 0.2) is 48.5 Å². The van der Waals surface area contributed by atoms with Crippen LogP contribution in [0.1, 0.15) is 36.5 Å². The Morgan fingerprint density at radius 1 is 1.00 bits per heavy atom. The zero-order valence-electron chi connectivity index (χ0n) is 19.7. The van der Waals surface area contributed by atoms with E-state index in [1.807, 2.05) is 31.2 Å². The van der Waals surface area contributed by atoms with Gasteiger partial charge in [-0.15, -0.1) is 0 Å². The zero-order chi connectivity index (χ0) is 24.1. The molecule has 2 heterocycles. The average Bonchev–Trinajstić information content (AvgIpc) is 3.18. The number of anilines is 2. The SMILES string of the molecule is CCCCOC(=O)c1ccc(N2C(=O)CC(N3CCN(c4cccc(OC)c4)CC3)C2=O)cc1. The Kier molecular flexibility index (Phi) is 7.47. The lowest BCUT2D eigenvalue weighted by Gasteiger charge is -2.38. The maximum Gasteiger partial charge on any atom is 0.338 e. The molecule has 1 atom stereocenters. The highest BCUT2D eigenvalue weighted by atomic mass is 16.5. The number of unbranched alkanes of at least 4 members (excludes halogenated alkanes) is 1. The first-order chi connectivity index (χ1) is 16.5. The number of rotatable bonds is 8. The van der Waals surface area contributed by atoms with Crippen molar-refractivity contribution in [2.45, 2.75) is 32.2 Å². The fourth-order valence-corrected chi connectivity index (χ4v) is 4.41. The summed E-state index contributed by atoms with van der Waals surface area (Å²) in [5.74, 6) is -0.0140. The molecule has 4 rings (SSSR count). The molecule has 2 aromatic rings. The number of nitrogens with zero attached hydrogens (tertiary/aromatic N) is 3. The van der Waals surface area contributed by atoms with E-state index in [0.29, 0.717) is 30.9 Å². The summed E-state index contributed by atoms with van der Waals surface area (Å²) in [6.07, 6.45) is 1.93. The predicted molar refractivity (Wildman–Crippen MR) is 129 cm³/mol.